The number of rotatable bonds is 6. The molecule has 1 rings (SSSR count). The SMILES string of the molecule is CCOC(C(Cc1cccnc1)NN)C(C)(C)C. The van der Waals surface area contributed by atoms with Crippen LogP contribution < -0.4 is 11.3 Å². The normalized spacial score (nSPS) is 15.4. The summed E-state index contributed by atoms with van der Waals surface area (Å²) in [5, 5.41) is 0. The summed E-state index contributed by atoms with van der Waals surface area (Å²) in [5.74, 6) is 5.70. The lowest BCUT2D eigenvalue weighted by atomic mass is 9.82. The van der Waals surface area contributed by atoms with Crippen LogP contribution in [0.25, 0.3) is 0 Å². The fourth-order valence-corrected chi connectivity index (χ4v) is 2.18. The van der Waals surface area contributed by atoms with Crippen LogP contribution in [0.2, 0.25) is 0 Å². The first-order chi connectivity index (χ1) is 8.49. The molecule has 0 saturated carbocycles. The quantitative estimate of drug-likeness (QED) is 0.599. The highest BCUT2D eigenvalue weighted by Crippen LogP contribution is 2.26. The number of nitrogens with one attached hydrogen (secondary N) is 1. The molecule has 1 aromatic rings. The number of hydrogen-bond acceptors (Lipinski definition) is 4. The Morgan fingerprint density at radius 1 is 1.44 bits per heavy atom. The maximum atomic E-state index is 5.87. The highest BCUT2D eigenvalue weighted by molar-refractivity contribution is 5.11. The van der Waals surface area contributed by atoms with Crippen molar-refractivity contribution in [3.05, 3.63) is 30.1 Å². The van der Waals surface area contributed by atoms with Crippen LogP contribution in [0.3, 0.4) is 0 Å². The van der Waals surface area contributed by atoms with E-state index in [1.807, 2.05) is 19.2 Å². The summed E-state index contributed by atoms with van der Waals surface area (Å²) in [5.41, 5.74) is 4.09. The molecule has 0 bridgehead atoms. The van der Waals surface area contributed by atoms with Gasteiger partial charge in [0.05, 0.1) is 12.1 Å². The molecule has 0 amide bonds. The van der Waals surface area contributed by atoms with E-state index < -0.39 is 0 Å². The van der Waals surface area contributed by atoms with Crippen LogP contribution >= 0.6 is 0 Å². The van der Waals surface area contributed by atoms with Crippen molar-refractivity contribution in [2.45, 2.75) is 46.3 Å². The van der Waals surface area contributed by atoms with E-state index in [0.717, 1.165) is 12.0 Å². The van der Waals surface area contributed by atoms with Crippen molar-refractivity contribution in [3.63, 3.8) is 0 Å². The maximum absolute atomic E-state index is 5.87. The standard InChI is InChI=1S/C14H25N3O/c1-5-18-13(14(2,3)4)12(17-15)9-11-7-6-8-16-10-11/h6-8,10,12-13,17H,5,9,15H2,1-4H3. The number of nitrogens with zero attached hydrogens (tertiary/aromatic N) is 1. The van der Waals surface area contributed by atoms with E-state index in [1.54, 1.807) is 6.20 Å². The number of nitrogens with two attached hydrogens (primary N) is 1. The van der Waals surface area contributed by atoms with Gasteiger partial charge in [0.25, 0.3) is 0 Å². The molecule has 0 aliphatic rings. The molecule has 1 heterocycles. The first-order valence-corrected chi connectivity index (χ1v) is 6.45. The first kappa shape index (κ1) is 15.1. The summed E-state index contributed by atoms with van der Waals surface area (Å²) in [6.07, 6.45) is 4.52. The van der Waals surface area contributed by atoms with E-state index in [2.05, 4.69) is 37.2 Å². The molecule has 2 unspecified atom stereocenters. The van der Waals surface area contributed by atoms with Gasteiger partial charge < -0.3 is 4.74 Å². The van der Waals surface area contributed by atoms with E-state index in [4.69, 9.17) is 10.6 Å². The molecule has 0 aliphatic heterocycles. The zero-order chi connectivity index (χ0) is 13.6. The molecule has 0 spiro atoms. The van der Waals surface area contributed by atoms with E-state index in [9.17, 15) is 0 Å². The molecule has 18 heavy (non-hydrogen) atoms. The molecule has 0 fully saturated rings. The lowest BCUT2D eigenvalue weighted by Gasteiger charge is -2.36. The Morgan fingerprint density at radius 2 is 2.17 bits per heavy atom. The van der Waals surface area contributed by atoms with E-state index in [1.165, 1.54) is 0 Å². The summed E-state index contributed by atoms with van der Waals surface area (Å²) >= 11 is 0. The molecule has 4 heteroatoms. The predicted molar refractivity (Wildman–Crippen MR) is 73.9 cm³/mol. The molecule has 0 radical (unpaired) electrons. The topological polar surface area (TPSA) is 60.2 Å². The summed E-state index contributed by atoms with van der Waals surface area (Å²) in [6, 6.07) is 4.08. The van der Waals surface area contributed by atoms with Gasteiger partial charge >= 0.3 is 0 Å². The molecule has 0 saturated heterocycles. The second kappa shape index (κ2) is 6.83. The maximum Gasteiger partial charge on any atom is 0.0792 e. The molecular weight excluding hydrogens is 226 g/mol. The fraction of sp³-hybridized carbons (Fsp3) is 0.643. The Hall–Kier alpha value is -0.970. The smallest absolute Gasteiger partial charge is 0.0792 e. The molecule has 0 aliphatic carbocycles. The van der Waals surface area contributed by atoms with Crippen molar-refractivity contribution in [2.75, 3.05) is 6.61 Å². The van der Waals surface area contributed by atoms with Gasteiger partial charge in [0.15, 0.2) is 0 Å². The third-order valence-corrected chi connectivity index (χ3v) is 2.96. The summed E-state index contributed by atoms with van der Waals surface area (Å²) < 4.78 is 5.87. The second-order valence-corrected chi connectivity index (χ2v) is 5.58. The van der Waals surface area contributed by atoms with Crippen molar-refractivity contribution < 1.29 is 4.74 Å². The zero-order valence-electron chi connectivity index (χ0n) is 11.8. The van der Waals surface area contributed by atoms with Crippen LogP contribution in [0.5, 0.6) is 0 Å². The van der Waals surface area contributed by atoms with Gasteiger partial charge in [0, 0.05) is 19.0 Å². The minimum absolute atomic E-state index is 0.0370. The van der Waals surface area contributed by atoms with Gasteiger partial charge in [-0.05, 0) is 30.4 Å². The van der Waals surface area contributed by atoms with Crippen molar-refractivity contribution in [1.82, 2.24) is 10.4 Å². The minimum Gasteiger partial charge on any atom is -0.376 e. The van der Waals surface area contributed by atoms with Gasteiger partial charge in [-0.25, -0.2) is 0 Å². The van der Waals surface area contributed by atoms with Gasteiger partial charge in [0.2, 0.25) is 0 Å². The van der Waals surface area contributed by atoms with Crippen LogP contribution in [-0.2, 0) is 11.2 Å². The lowest BCUT2D eigenvalue weighted by Crippen LogP contribution is -2.52. The molecule has 0 aromatic carbocycles. The zero-order valence-corrected chi connectivity index (χ0v) is 11.8. The second-order valence-electron chi connectivity index (χ2n) is 5.58. The summed E-state index contributed by atoms with van der Waals surface area (Å²) in [6.45, 7) is 9.20. The molecule has 1 aromatic heterocycles. The average Bonchev–Trinajstić information content (AvgIpc) is 2.33. The molecule has 2 atom stereocenters. The van der Waals surface area contributed by atoms with Crippen LogP contribution in [0.1, 0.15) is 33.3 Å². The van der Waals surface area contributed by atoms with Crippen LogP contribution in [0.4, 0.5) is 0 Å². The Morgan fingerprint density at radius 3 is 2.61 bits per heavy atom. The van der Waals surface area contributed by atoms with Gasteiger partial charge in [-0.3, -0.25) is 16.3 Å². The van der Waals surface area contributed by atoms with Gasteiger partial charge in [0.1, 0.15) is 0 Å². The Balaban J connectivity index is 2.79. The Labute approximate surface area is 110 Å². The average molecular weight is 251 g/mol. The van der Waals surface area contributed by atoms with Crippen LogP contribution in [0.15, 0.2) is 24.5 Å². The van der Waals surface area contributed by atoms with Crippen molar-refractivity contribution in [3.8, 4) is 0 Å². The monoisotopic (exact) mass is 251 g/mol. The van der Waals surface area contributed by atoms with Crippen molar-refractivity contribution in [2.24, 2.45) is 11.3 Å². The summed E-state index contributed by atoms with van der Waals surface area (Å²) in [7, 11) is 0. The minimum atomic E-state index is 0.0370. The van der Waals surface area contributed by atoms with Gasteiger partial charge in [-0.15, -0.1) is 0 Å². The summed E-state index contributed by atoms with van der Waals surface area (Å²) in [4.78, 5) is 4.13. The largest absolute Gasteiger partial charge is 0.376 e. The number of hydrazine groups is 1. The Bertz CT molecular complexity index is 335. The third kappa shape index (κ3) is 4.37. The van der Waals surface area contributed by atoms with Gasteiger partial charge in [-0.2, -0.15) is 0 Å². The van der Waals surface area contributed by atoms with Crippen molar-refractivity contribution >= 4 is 0 Å². The number of ether oxygens (including phenoxy) is 1. The fourth-order valence-electron chi connectivity index (χ4n) is 2.18. The molecule has 102 valence electrons. The predicted octanol–water partition coefficient (Wildman–Crippen LogP) is 1.91. The first-order valence-electron chi connectivity index (χ1n) is 6.45. The van der Waals surface area contributed by atoms with E-state index >= 15 is 0 Å². The van der Waals surface area contributed by atoms with E-state index in [-0.39, 0.29) is 17.6 Å². The highest BCUT2D eigenvalue weighted by Gasteiger charge is 2.32. The van der Waals surface area contributed by atoms with Crippen LogP contribution in [-0.4, -0.2) is 23.7 Å². The molecule has 3 N–H and O–H groups in total. The highest BCUT2D eigenvalue weighted by atomic mass is 16.5. The number of pyridine rings is 1. The molecule has 4 nitrogen and oxygen atoms in total. The Kier molecular flexibility index (Phi) is 5.72. The lowest BCUT2D eigenvalue weighted by molar-refractivity contribution is -0.0356. The van der Waals surface area contributed by atoms with Crippen LogP contribution in [0, 0.1) is 5.41 Å². The van der Waals surface area contributed by atoms with E-state index in [0.29, 0.717) is 6.61 Å². The number of aromatic nitrogens is 1. The molecular formula is C14H25N3O. The van der Waals surface area contributed by atoms with Gasteiger partial charge in [-0.1, -0.05) is 26.8 Å². The third-order valence-electron chi connectivity index (χ3n) is 2.96. The number of hydrogen-bond donors (Lipinski definition) is 2. The van der Waals surface area contributed by atoms with Crippen molar-refractivity contribution in [1.29, 1.82) is 0 Å².